The molecule has 0 aromatic carbocycles. The van der Waals surface area contributed by atoms with Crippen molar-refractivity contribution in [3.05, 3.63) is 22.8 Å². The Balaban J connectivity index is 0. The van der Waals surface area contributed by atoms with E-state index in [1.54, 1.807) is 0 Å². The number of hydrogen-bond donors (Lipinski definition) is 2. The van der Waals surface area contributed by atoms with Crippen LogP contribution in [0, 0.1) is 10.1 Å². The molecular formula is C3H9N3O3. The Labute approximate surface area is 52.2 Å². The summed E-state index contributed by atoms with van der Waals surface area (Å²) in [5, 5.41) is 8.43. The molecule has 0 aromatic rings. The van der Waals surface area contributed by atoms with Crippen LogP contribution in [0.5, 0.6) is 0 Å². The van der Waals surface area contributed by atoms with Crippen LogP contribution in [-0.2, 0) is 4.84 Å². The van der Waals surface area contributed by atoms with Crippen LogP contribution in [0.3, 0.4) is 0 Å². The van der Waals surface area contributed by atoms with Crippen molar-refractivity contribution in [2.75, 3.05) is 6.61 Å². The van der Waals surface area contributed by atoms with Crippen molar-refractivity contribution in [2.45, 2.75) is 0 Å². The van der Waals surface area contributed by atoms with E-state index in [9.17, 15) is 10.1 Å². The van der Waals surface area contributed by atoms with Crippen molar-refractivity contribution in [3.63, 3.8) is 0 Å². The summed E-state index contributed by atoms with van der Waals surface area (Å²) >= 11 is 0. The van der Waals surface area contributed by atoms with Gasteiger partial charge >= 0.3 is 0 Å². The first kappa shape index (κ1) is 10.8. The zero-order chi connectivity index (χ0) is 7.70. The van der Waals surface area contributed by atoms with Gasteiger partial charge in [-0.3, -0.25) is 11.7 Å². The Morgan fingerprint density at radius 2 is 2.22 bits per heavy atom. The van der Waals surface area contributed by atoms with E-state index in [1.807, 2.05) is 0 Å². The van der Waals surface area contributed by atoms with Crippen LogP contribution in [0.25, 0.3) is 0 Å². The molecule has 0 bridgehead atoms. The van der Waals surface area contributed by atoms with E-state index in [0.29, 0.717) is 0 Å². The van der Waals surface area contributed by atoms with Crippen LogP contribution in [0.15, 0.2) is 12.7 Å². The maximum atomic E-state index is 9.29. The van der Waals surface area contributed by atoms with Gasteiger partial charge in [0.25, 0.3) is 5.09 Å². The van der Waals surface area contributed by atoms with E-state index in [2.05, 4.69) is 23.1 Å². The van der Waals surface area contributed by atoms with Gasteiger partial charge in [0.15, 0.2) is 0 Å². The highest BCUT2D eigenvalue weighted by Crippen LogP contribution is 1.71. The van der Waals surface area contributed by atoms with Crippen molar-refractivity contribution >= 4 is 0 Å². The molecular weight excluding hydrogens is 126 g/mol. The molecule has 0 aliphatic rings. The topological polar surface area (TPSA) is 104 Å². The Hall–Kier alpha value is -1.14. The van der Waals surface area contributed by atoms with Crippen LogP contribution in [-0.4, -0.2) is 11.7 Å². The van der Waals surface area contributed by atoms with Crippen molar-refractivity contribution < 1.29 is 9.92 Å². The molecule has 0 saturated carbocycles. The fourth-order valence-corrected chi connectivity index (χ4v) is 0.114. The lowest BCUT2D eigenvalue weighted by atomic mass is 10.7. The number of nitrogens with zero attached hydrogens (tertiary/aromatic N) is 1. The molecule has 0 radical (unpaired) electrons. The molecule has 0 aliphatic carbocycles. The van der Waals surface area contributed by atoms with Crippen LogP contribution >= 0.6 is 0 Å². The van der Waals surface area contributed by atoms with Crippen molar-refractivity contribution in [1.29, 1.82) is 0 Å². The zero-order valence-corrected chi connectivity index (χ0v) is 4.82. The van der Waals surface area contributed by atoms with Crippen molar-refractivity contribution in [1.82, 2.24) is 0 Å². The highest BCUT2D eigenvalue weighted by molar-refractivity contribution is 4.61. The minimum absolute atomic E-state index is 0.0347. The highest BCUT2D eigenvalue weighted by atomic mass is 16.9. The first-order chi connectivity index (χ1) is 4.27. The normalized spacial score (nSPS) is 6.44. The van der Waals surface area contributed by atoms with Crippen molar-refractivity contribution in [3.8, 4) is 0 Å². The Bertz CT molecular complexity index is 84.4. The maximum Gasteiger partial charge on any atom is 0.294 e. The molecule has 54 valence electrons. The third-order valence-electron chi connectivity index (χ3n) is 0.298. The van der Waals surface area contributed by atoms with E-state index in [4.69, 9.17) is 0 Å². The lowest BCUT2D eigenvalue weighted by Gasteiger charge is -1.85. The first-order valence-corrected chi connectivity index (χ1v) is 1.99. The van der Waals surface area contributed by atoms with Gasteiger partial charge < -0.3 is 4.84 Å². The fraction of sp³-hybridized carbons (Fsp3) is 0.333. The summed E-state index contributed by atoms with van der Waals surface area (Å²) < 4.78 is 0. The Morgan fingerprint density at radius 1 is 1.78 bits per heavy atom. The minimum Gasteiger partial charge on any atom is -0.310 e. The molecule has 0 saturated heterocycles. The second kappa shape index (κ2) is 9.97. The summed E-state index contributed by atoms with van der Waals surface area (Å²) in [5.41, 5.74) is 0. The predicted molar refractivity (Wildman–Crippen MR) is 31.5 cm³/mol. The molecule has 0 atom stereocenters. The van der Waals surface area contributed by atoms with Gasteiger partial charge in [0.2, 0.25) is 0 Å². The Kier molecular flexibility index (Phi) is 11.9. The molecule has 6 heteroatoms. The van der Waals surface area contributed by atoms with Gasteiger partial charge in [-0.15, -0.1) is 16.7 Å². The molecule has 0 heterocycles. The molecule has 0 aromatic heterocycles. The van der Waals surface area contributed by atoms with Gasteiger partial charge in [-0.05, 0) is 0 Å². The van der Waals surface area contributed by atoms with Gasteiger partial charge in [-0.2, -0.15) is 0 Å². The lowest BCUT2D eigenvalue weighted by molar-refractivity contribution is -0.755. The third-order valence-corrected chi connectivity index (χ3v) is 0.298. The molecule has 0 fully saturated rings. The first-order valence-electron chi connectivity index (χ1n) is 1.99. The molecule has 9 heavy (non-hydrogen) atoms. The summed E-state index contributed by atoms with van der Waals surface area (Å²) in [5.74, 6) is 8.00. The largest absolute Gasteiger partial charge is 0.310 e. The van der Waals surface area contributed by atoms with Crippen LogP contribution in [0.4, 0.5) is 0 Å². The van der Waals surface area contributed by atoms with Gasteiger partial charge in [0.1, 0.15) is 6.61 Å². The van der Waals surface area contributed by atoms with Gasteiger partial charge in [0, 0.05) is 0 Å². The number of rotatable bonds is 3. The SMILES string of the molecule is C=CCO[N+](=O)[O-].NN. The molecule has 0 spiro atoms. The molecule has 4 N–H and O–H groups in total. The van der Waals surface area contributed by atoms with E-state index in [-0.39, 0.29) is 6.61 Å². The zero-order valence-electron chi connectivity index (χ0n) is 4.82. The molecule has 0 aliphatic heterocycles. The van der Waals surface area contributed by atoms with E-state index in [0.717, 1.165) is 0 Å². The van der Waals surface area contributed by atoms with E-state index < -0.39 is 5.09 Å². The maximum absolute atomic E-state index is 9.29. The van der Waals surface area contributed by atoms with Crippen LogP contribution in [0.2, 0.25) is 0 Å². The van der Waals surface area contributed by atoms with E-state index >= 15 is 0 Å². The molecule has 0 rings (SSSR count). The fourth-order valence-electron chi connectivity index (χ4n) is 0.114. The third kappa shape index (κ3) is 19.8. The number of hydrogen-bond acceptors (Lipinski definition) is 5. The lowest BCUT2D eigenvalue weighted by Crippen LogP contribution is -2.02. The number of hydrazine groups is 1. The van der Waals surface area contributed by atoms with Gasteiger partial charge in [0.05, 0.1) is 0 Å². The van der Waals surface area contributed by atoms with E-state index in [1.165, 1.54) is 6.08 Å². The van der Waals surface area contributed by atoms with Gasteiger partial charge in [-0.25, -0.2) is 0 Å². The molecule has 6 nitrogen and oxygen atoms in total. The standard InChI is InChI=1S/C3H5NO3.H4N2/c1-2-3-7-4(5)6;1-2/h2H,1,3H2;1-2H2. The highest BCUT2D eigenvalue weighted by Gasteiger charge is 1.85. The average molecular weight is 135 g/mol. The van der Waals surface area contributed by atoms with Gasteiger partial charge in [-0.1, -0.05) is 6.08 Å². The van der Waals surface area contributed by atoms with Crippen LogP contribution < -0.4 is 11.7 Å². The summed E-state index contributed by atoms with van der Waals surface area (Å²) in [7, 11) is 0. The van der Waals surface area contributed by atoms with Crippen molar-refractivity contribution in [2.24, 2.45) is 11.7 Å². The minimum atomic E-state index is -0.859. The summed E-state index contributed by atoms with van der Waals surface area (Å²) in [4.78, 5) is 13.1. The predicted octanol–water partition coefficient (Wildman–Crippen LogP) is -0.800. The number of nitrogens with two attached hydrogens (primary N) is 2. The average Bonchev–Trinajstić information content (AvgIpc) is 1.88. The summed E-state index contributed by atoms with van der Waals surface area (Å²) in [6.45, 7) is 3.17. The van der Waals surface area contributed by atoms with Crippen LogP contribution in [0.1, 0.15) is 0 Å². The second-order valence-corrected chi connectivity index (χ2v) is 0.808. The molecule has 0 unspecified atom stereocenters. The quantitative estimate of drug-likeness (QED) is 0.228. The summed E-state index contributed by atoms with van der Waals surface area (Å²) in [6, 6.07) is 0. The second-order valence-electron chi connectivity index (χ2n) is 0.808. The monoisotopic (exact) mass is 135 g/mol. The Morgan fingerprint density at radius 3 is 2.33 bits per heavy atom. The smallest absolute Gasteiger partial charge is 0.294 e. The summed E-state index contributed by atoms with van der Waals surface area (Å²) in [6.07, 6.45) is 1.31. The molecule has 0 amide bonds.